The fourth-order valence-electron chi connectivity index (χ4n) is 3.94. The minimum atomic E-state index is -0.260. The fraction of sp³-hybridized carbons (Fsp3) is 0.435. The summed E-state index contributed by atoms with van der Waals surface area (Å²) >= 11 is 0. The number of rotatable bonds is 8. The van der Waals surface area contributed by atoms with Crippen LogP contribution >= 0.6 is 0 Å². The molecule has 0 spiro atoms. The van der Waals surface area contributed by atoms with E-state index in [4.69, 9.17) is 9.47 Å². The van der Waals surface area contributed by atoms with Crippen LogP contribution in [0, 0.1) is 0 Å². The summed E-state index contributed by atoms with van der Waals surface area (Å²) in [7, 11) is 1.63. The zero-order valence-corrected chi connectivity index (χ0v) is 18.0. The lowest BCUT2D eigenvalue weighted by Gasteiger charge is -2.26. The number of benzene rings is 1. The molecule has 2 N–H and O–H groups in total. The summed E-state index contributed by atoms with van der Waals surface area (Å²) in [6.45, 7) is 4.54. The number of methoxy groups -OCH3 is 1. The molecule has 8 heteroatoms. The first kappa shape index (κ1) is 21.3. The lowest BCUT2D eigenvalue weighted by molar-refractivity contribution is 0.0892. The van der Waals surface area contributed by atoms with Gasteiger partial charge in [0.2, 0.25) is 0 Å². The molecule has 4 rings (SSSR count). The second-order valence-corrected chi connectivity index (χ2v) is 7.67. The van der Waals surface area contributed by atoms with Gasteiger partial charge in [-0.25, -0.2) is 9.67 Å². The third-order valence-corrected chi connectivity index (χ3v) is 5.62. The summed E-state index contributed by atoms with van der Waals surface area (Å²) < 4.78 is 12.7. The highest BCUT2D eigenvalue weighted by molar-refractivity contribution is 6.06. The summed E-state index contributed by atoms with van der Waals surface area (Å²) in [5, 5.41) is 12.0. The first-order valence-corrected chi connectivity index (χ1v) is 10.7. The number of anilines is 1. The Morgan fingerprint density at radius 3 is 2.74 bits per heavy atom. The lowest BCUT2D eigenvalue weighted by atomic mass is 10.0. The first-order valence-electron chi connectivity index (χ1n) is 10.7. The van der Waals surface area contributed by atoms with Crippen molar-refractivity contribution in [3.8, 4) is 0 Å². The first-order chi connectivity index (χ1) is 15.2. The molecule has 1 amide bonds. The summed E-state index contributed by atoms with van der Waals surface area (Å²) in [5.41, 5.74) is 3.04. The highest BCUT2D eigenvalue weighted by atomic mass is 16.5. The van der Waals surface area contributed by atoms with E-state index in [0.717, 1.165) is 35.1 Å². The van der Waals surface area contributed by atoms with E-state index in [9.17, 15) is 4.79 Å². The van der Waals surface area contributed by atoms with Crippen molar-refractivity contribution in [3.63, 3.8) is 0 Å². The highest BCUT2D eigenvalue weighted by Gasteiger charge is 2.24. The summed E-state index contributed by atoms with van der Waals surface area (Å²) in [6.07, 6.45) is 5.21. The van der Waals surface area contributed by atoms with E-state index in [1.165, 1.54) is 0 Å². The molecule has 0 saturated carbocycles. The van der Waals surface area contributed by atoms with E-state index in [-0.39, 0.29) is 18.0 Å². The Bertz CT molecular complexity index is 1010. The maximum atomic E-state index is 13.4. The summed E-state index contributed by atoms with van der Waals surface area (Å²) in [4.78, 5) is 17.9. The maximum Gasteiger partial charge on any atom is 0.255 e. The lowest BCUT2D eigenvalue weighted by Crippen LogP contribution is -2.33. The number of carbonyl (C=O) groups is 1. The number of hydrogen-bond acceptors (Lipinski definition) is 6. The molecule has 8 nitrogen and oxygen atoms in total. The van der Waals surface area contributed by atoms with E-state index in [2.05, 4.69) is 20.7 Å². The van der Waals surface area contributed by atoms with E-state index >= 15 is 0 Å². The van der Waals surface area contributed by atoms with Crippen LogP contribution in [0.4, 0.5) is 5.69 Å². The number of hydrogen-bond donors (Lipinski definition) is 2. The van der Waals surface area contributed by atoms with E-state index < -0.39 is 0 Å². The minimum absolute atomic E-state index is 0.195. The zero-order valence-electron chi connectivity index (χ0n) is 18.0. The van der Waals surface area contributed by atoms with Crippen LogP contribution < -0.4 is 10.6 Å². The Hall–Kier alpha value is -2.97. The number of aromatic nitrogens is 3. The Balaban J connectivity index is 1.67. The van der Waals surface area contributed by atoms with Gasteiger partial charge in [-0.15, -0.1) is 0 Å². The number of ether oxygens (including phenoxy) is 2. The second kappa shape index (κ2) is 9.89. The molecule has 0 radical (unpaired) electrons. The molecule has 1 atom stereocenters. The molecule has 0 bridgehead atoms. The molecule has 1 aliphatic heterocycles. The van der Waals surface area contributed by atoms with Gasteiger partial charge in [-0.2, -0.15) is 5.10 Å². The van der Waals surface area contributed by atoms with Crippen LogP contribution in [0.25, 0.3) is 11.0 Å². The van der Waals surface area contributed by atoms with Crippen LogP contribution in [-0.4, -0.2) is 53.6 Å². The number of nitrogens with zero attached hydrogens (tertiary/aromatic N) is 3. The third kappa shape index (κ3) is 4.70. The molecule has 1 fully saturated rings. The SMILES string of the molecule is CCn1ncc2c(NC3CCOCC3)c(C(=O)N[C@@H](COC)c3ccccc3)cnc21. The van der Waals surface area contributed by atoms with Crippen molar-refractivity contribution in [1.29, 1.82) is 0 Å². The predicted molar refractivity (Wildman–Crippen MR) is 119 cm³/mol. The van der Waals surface area contributed by atoms with Crippen molar-refractivity contribution < 1.29 is 14.3 Å². The summed E-state index contributed by atoms with van der Waals surface area (Å²) in [6, 6.07) is 9.80. The number of amides is 1. The fourth-order valence-corrected chi connectivity index (χ4v) is 3.94. The highest BCUT2D eigenvalue weighted by Crippen LogP contribution is 2.29. The molecule has 3 aromatic rings. The third-order valence-electron chi connectivity index (χ3n) is 5.62. The predicted octanol–water partition coefficient (Wildman–Crippen LogP) is 3.16. The van der Waals surface area contributed by atoms with Crippen molar-refractivity contribution in [1.82, 2.24) is 20.1 Å². The largest absolute Gasteiger partial charge is 0.382 e. The van der Waals surface area contributed by atoms with Crippen molar-refractivity contribution in [2.24, 2.45) is 0 Å². The average Bonchev–Trinajstić information content (AvgIpc) is 3.24. The quantitative estimate of drug-likeness (QED) is 0.578. The van der Waals surface area contributed by atoms with E-state index in [0.29, 0.717) is 31.9 Å². The van der Waals surface area contributed by atoms with Gasteiger partial charge in [0.05, 0.1) is 35.5 Å². The van der Waals surface area contributed by atoms with Crippen LogP contribution in [0.15, 0.2) is 42.7 Å². The molecule has 0 unspecified atom stereocenters. The molecule has 1 saturated heterocycles. The molecule has 1 aromatic carbocycles. The van der Waals surface area contributed by atoms with Gasteiger partial charge in [0.25, 0.3) is 5.91 Å². The van der Waals surface area contributed by atoms with Crippen molar-refractivity contribution in [2.45, 2.75) is 38.4 Å². The van der Waals surface area contributed by atoms with Crippen molar-refractivity contribution in [2.75, 3.05) is 32.2 Å². The molecule has 31 heavy (non-hydrogen) atoms. The number of carbonyl (C=O) groups excluding carboxylic acids is 1. The topological polar surface area (TPSA) is 90.3 Å². The Morgan fingerprint density at radius 1 is 1.26 bits per heavy atom. The van der Waals surface area contributed by atoms with Crippen LogP contribution in [0.1, 0.15) is 41.7 Å². The van der Waals surface area contributed by atoms with Crippen LogP contribution in [0.2, 0.25) is 0 Å². The normalized spacial score (nSPS) is 15.7. The number of aryl methyl sites for hydroxylation is 1. The van der Waals surface area contributed by atoms with Gasteiger partial charge in [-0.3, -0.25) is 4.79 Å². The van der Waals surface area contributed by atoms with Gasteiger partial charge < -0.3 is 20.1 Å². The maximum absolute atomic E-state index is 13.4. The van der Waals surface area contributed by atoms with Crippen molar-refractivity contribution >= 4 is 22.6 Å². The minimum Gasteiger partial charge on any atom is -0.382 e. The Labute approximate surface area is 181 Å². The molecular formula is C23H29N5O3. The van der Waals surface area contributed by atoms with E-state index in [1.807, 2.05) is 41.9 Å². The molecule has 3 heterocycles. The van der Waals surface area contributed by atoms with Gasteiger partial charge in [-0.1, -0.05) is 30.3 Å². The van der Waals surface area contributed by atoms with Crippen LogP contribution in [0.3, 0.4) is 0 Å². The molecule has 0 aliphatic carbocycles. The number of pyridine rings is 1. The van der Waals surface area contributed by atoms with E-state index in [1.54, 1.807) is 19.5 Å². The monoisotopic (exact) mass is 423 g/mol. The van der Waals surface area contributed by atoms with Crippen LogP contribution in [-0.2, 0) is 16.0 Å². The molecule has 1 aliphatic rings. The second-order valence-electron chi connectivity index (χ2n) is 7.67. The Kier molecular flexibility index (Phi) is 6.79. The zero-order chi connectivity index (χ0) is 21.6. The number of nitrogens with one attached hydrogen (secondary N) is 2. The van der Waals surface area contributed by atoms with Gasteiger partial charge in [-0.05, 0) is 25.3 Å². The average molecular weight is 424 g/mol. The standard InChI is InChI=1S/C23H29N5O3/c1-3-28-22-18(14-25-28)21(26-17-9-11-31-12-10-17)19(13-24-22)23(29)27-20(15-30-2)16-7-5-4-6-8-16/h4-8,13-14,17,20H,3,9-12,15H2,1-2H3,(H,24,26)(H,27,29)/t20-/m0/s1. The van der Waals surface area contributed by atoms with Gasteiger partial charge in [0, 0.05) is 39.1 Å². The molecule has 164 valence electrons. The summed E-state index contributed by atoms with van der Waals surface area (Å²) in [5.74, 6) is -0.195. The molecule has 2 aromatic heterocycles. The Morgan fingerprint density at radius 2 is 2.03 bits per heavy atom. The van der Waals surface area contributed by atoms with Gasteiger partial charge >= 0.3 is 0 Å². The van der Waals surface area contributed by atoms with Gasteiger partial charge in [0.1, 0.15) is 0 Å². The van der Waals surface area contributed by atoms with Crippen LogP contribution in [0.5, 0.6) is 0 Å². The van der Waals surface area contributed by atoms with Crippen molar-refractivity contribution in [3.05, 3.63) is 53.9 Å². The molecular weight excluding hydrogens is 394 g/mol. The smallest absolute Gasteiger partial charge is 0.255 e. The number of fused-ring (bicyclic) bond motifs is 1. The van der Waals surface area contributed by atoms with Gasteiger partial charge in [0.15, 0.2) is 5.65 Å².